The number of aliphatic imine (C=N–C) groups is 9. The van der Waals surface area contributed by atoms with Crippen LogP contribution in [0.25, 0.3) is 0 Å². The van der Waals surface area contributed by atoms with Gasteiger partial charge in [-0.2, -0.15) is 13.2 Å². The van der Waals surface area contributed by atoms with Gasteiger partial charge in [-0.25, -0.2) is 30.7 Å². The maximum absolute atomic E-state index is 13.4. The monoisotopic (exact) mass is 1580 g/mol. The van der Waals surface area contributed by atoms with Crippen LogP contribution in [0.3, 0.4) is 0 Å². The van der Waals surface area contributed by atoms with E-state index in [1.807, 2.05) is 36.4 Å². The van der Waals surface area contributed by atoms with Crippen LogP contribution in [-0.2, 0) is 65.1 Å². The van der Waals surface area contributed by atoms with Crippen LogP contribution in [0.1, 0.15) is 106 Å². The normalized spacial score (nSPS) is 14.4. The van der Waals surface area contributed by atoms with Crippen molar-refractivity contribution >= 4 is 90.1 Å². The minimum Gasteiger partial charge on any atom is -0.383 e. The first-order chi connectivity index (χ1) is 50.4. The maximum atomic E-state index is 13.4. The fourth-order valence-electron chi connectivity index (χ4n) is 11.2. The van der Waals surface area contributed by atoms with Gasteiger partial charge in [0.2, 0.25) is 0 Å². The minimum absolute atomic E-state index is 0.0544. The number of nitrogens with zero attached hydrogens (tertiary/aromatic N) is 10. The number of halogens is 12. The van der Waals surface area contributed by atoms with Gasteiger partial charge in [-0.1, -0.05) is 74.3 Å². The van der Waals surface area contributed by atoms with Gasteiger partial charge in [-0.05, 0) is 124 Å². The summed E-state index contributed by atoms with van der Waals surface area (Å²) in [7, 11) is 0. The van der Waals surface area contributed by atoms with Gasteiger partial charge in [0.25, 0.3) is 5.69 Å². The van der Waals surface area contributed by atoms with Gasteiger partial charge in [0.15, 0.2) is 0 Å². The lowest BCUT2D eigenvalue weighted by molar-refractivity contribution is -0.384. The molecule has 9 aromatic carbocycles. The minimum atomic E-state index is -4.68. The first-order valence-corrected chi connectivity index (χ1v) is 33.1. The average molecular weight is 1590 g/mol. The number of fused-ring (bicyclic) bond motifs is 9. The summed E-state index contributed by atoms with van der Waals surface area (Å²) in [5, 5.41) is 10.4. The molecule has 18 rings (SSSR count). The Morgan fingerprint density at radius 2 is 0.726 bits per heavy atom. The average Bonchev–Trinajstić information content (AvgIpc) is 1.50. The molecule has 0 unspecified atom stereocenters. The van der Waals surface area contributed by atoms with E-state index in [-0.39, 0.29) is 64.8 Å². The molecular formula is C73H61Br2F10N19O2. The Kier molecular flexibility index (Phi) is 23.9. The highest BCUT2D eigenvalue weighted by Gasteiger charge is 2.37. The number of alkyl halides is 3. The Balaban J connectivity index is 0.000000128. The van der Waals surface area contributed by atoms with Crippen molar-refractivity contribution in [3.05, 3.63) is 317 Å². The van der Waals surface area contributed by atoms with Crippen molar-refractivity contribution in [3.8, 4) is 0 Å². The van der Waals surface area contributed by atoms with Crippen LogP contribution in [0.15, 0.2) is 206 Å². The van der Waals surface area contributed by atoms with Crippen molar-refractivity contribution in [1.29, 1.82) is 0 Å². The van der Waals surface area contributed by atoms with Crippen molar-refractivity contribution in [1.82, 2.24) is 0 Å². The quantitative estimate of drug-likeness (QED) is 0.0422. The number of hydrogen-bond donors (Lipinski definition) is 9. The first-order valence-electron chi connectivity index (χ1n) is 31.5. The molecule has 9 heterocycles. The molecule has 9 aliphatic heterocycles. The second kappa shape index (κ2) is 33.1. The lowest BCUT2D eigenvalue weighted by Crippen LogP contribution is -2.14. The van der Waals surface area contributed by atoms with Crippen molar-refractivity contribution in [2.45, 2.75) is 65.1 Å². The molecule has 0 aromatic heterocycles. The molecule has 106 heavy (non-hydrogen) atoms. The summed E-state index contributed by atoms with van der Waals surface area (Å²) in [6, 6.07) is 39.4. The summed E-state index contributed by atoms with van der Waals surface area (Å²) in [6.45, 7) is 4.06. The van der Waals surface area contributed by atoms with Crippen LogP contribution in [0.4, 0.5) is 49.6 Å². The second-order valence-corrected chi connectivity index (χ2v) is 25.4. The molecule has 0 amide bonds. The van der Waals surface area contributed by atoms with Gasteiger partial charge >= 0.3 is 6.18 Å². The Morgan fingerprint density at radius 3 is 1.31 bits per heavy atom. The van der Waals surface area contributed by atoms with E-state index in [1.54, 1.807) is 36.4 Å². The molecule has 9 aromatic rings. The molecule has 21 nitrogen and oxygen atoms in total. The molecule has 0 radical (unpaired) electrons. The summed E-state index contributed by atoms with van der Waals surface area (Å²) >= 11 is 6.77. The number of hydrogen-bond acceptors (Lipinski definition) is 20. The fourth-order valence-corrected chi connectivity index (χ4v) is 12.0. The van der Waals surface area contributed by atoms with E-state index in [1.165, 1.54) is 65.7 Å². The maximum Gasteiger partial charge on any atom is 0.419 e. The lowest BCUT2D eigenvalue weighted by Gasteiger charge is -2.10. The van der Waals surface area contributed by atoms with Crippen LogP contribution >= 0.6 is 31.9 Å². The molecule has 0 saturated heterocycles. The summed E-state index contributed by atoms with van der Waals surface area (Å²) in [6.07, 6.45) is -4.68. The third-order valence-electron chi connectivity index (χ3n) is 16.7. The van der Waals surface area contributed by atoms with E-state index >= 15 is 0 Å². The SMILES string of the molecule is NC1=NCc2c(F)cc(F)cc21.NC1=NCc2c(F)cccc21.NC1=NCc2c1ccc(C(F)(F)F)c2F.NC1=NCc2cc(Br)ccc21.NC1=NCc2cc(F)ccc21.NC1=NCc2ccc(Br)cc21.NC1=NCc2ccc(F)cc21.NC1=NCc2ccc([N+](=O)[O-])cc21.NC1=NCc2cccc(F)c21. The largest absolute Gasteiger partial charge is 0.419 e. The Hall–Kier alpha value is -12.1. The molecule has 18 N–H and O–H groups in total. The Bertz CT molecular complexity index is 5130. The number of benzene rings is 9. The Morgan fingerprint density at radius 1 is 0.330 bits per heavy atom. The number of nitrogens with two attached hydrogens (primary N) is 9. The number of nitro benzene ring substituents is 1. The highest BCUT2D eigenvalue weighted by atomic mass is 79.9. The molecule has 0 atom stereocenters. The summed E-state index contributed by atoms with van der Waals surface area (Å²) in [5.41, 5.74) is 61.7. The van der Waals surface area contributed by atoms with E-state index < -0.39 is 34.1 Å². The number of rotatable bonds is 1. The summed E-state index contributed by atoms with van der Waals surface area (Å²) in [5.74, 6) is 0.265. The van der Waals surface area contributed by atoms with Gasteiger partial charge < -0.3 is 51.6 Å². The smallest absolute Gasteiger partial charge is 0.383 e. The van der Waals surface area contributed by atoms with Crippen molar-refractivity contribution < 1.29 is 48.8 Å². The first kappa shape index (κ1) is 76.5. The van der Waals surface area contributed by atoms with E-state index in [0.717, 1.165) is 84.2 Å². The number of nitro groups is 1. The third kappa shape index (κ3) is 18.1. The van der Waals surface area contributed by atoms with Crippen LogP contribution in [0.5, 0.6) is 0 Å². The van der Waals surface area contributed by atoms with Crippen molar-refractivity contribution in [2.24, 2.45) is 96.5 Å². The molecule has 0 spiro atoms. The zero-order valence-electron chi connectivity index (χ0n) is 55.3. The Labute approximate surface area is 614 Å². The molecule has 33 heteroatoms. The zero-order valence-corrected chi connectivity index (χ0v) is 58.5. The number of amidine groups is 9. The van der Waals surface area contributed by atoms with Gasteiger partial charge in [0.1, 0.15) is 93.2 Å². The molecule has 0 aliphatic carbocycles. The van der Waals surface area contributed by atoms with E-state index in [9.17, 15) is 54.0 Å². The fraction of sp³-hybridized carbons (Fsp3) is 0.137. The van der Waals surface area contributed by atoms with Crippen LogP contribution < -0.4 is 51.6 Å². The standard InChI is InChI=1S/C9H6F4N2.2C8H7BrN2.C8H6F2N2.4C8H7FN2.C8H7N3O2/c10-7-5-3-15-8(14)4(5)1-2-6(7)9(11,12)13;9-6-1-2-7-5(3-6)4-11-8(7)10;9-6-2-1-5-4-11-8(10)7(5)3-6;9-4-1-5-6(7(10)2-4)3-12-8(5)11;9-6-1-2-7-5(3-6)4-11-8(7)10;9-6-2-1-5-4-11-8(10)7(5)3-6;9-7-3-1-2-5-6(7)4-11-8(5)10;9-6-3-1-2-5-4-11-8(10)7(5)6;9-8-7-3-6(11(12)13)2-1-5(7)4-10-8/h1-2H,3H2,(H2,14,15);2*1-3H,4H2,(H2,10,11);1-2H,3H2,(H2,11,12);4*1-3H,4H2,(H2,10,11);1-3H,4H2,(H2,9,10). The molecular weight excluding hydrogens is 1520 g/mol. The summed E-state index contributed by atoms with van der Waals surface area (Å²) in [4.78, 5) is 45.5. The van der Waals surface area contributed by atoms with E-state index in [2.05, 4.69) is 82.9 Å². The topological polar surface area (TPSA) is 389 Å². The predicted molar refractivity (Wildman–Crippen MR) is 395 cm³/mol. The highest BCUT2D eigenvalue weighted by Crippen LogP contribution is 2.35. The van der Waals surface area contributed by atoms with Gasteiger partial charge in [-0.3, -0.25) is 55.0 Å². The van der Waals surface area contributed by atoms with Crippen molar-refractivity contribution in [2.75, 3.05) is 0 Å². The molecule has 9 aliphatic rings. The molecule has 0 saturated carbocycles. The van der Waals surface area contributed by atoms with Crippen LogP contribution in [-0.4, -0.2) is 57.4 Å². The third-order valence-corrected chi connectivity index (χ3v) is 17.7. The van der Waals surface area contributed by atoms with E-state index in [4.69, 9.17) is 51.6 Å². The number of non-ortho nitro benzene ring substituents is 1. The molecule has 0 bridgehead atoms. The lowest BCUT2D eigenvalue weighted by atomic mass is 10.0. The van der Waals surface area contributed by atoms with Gasteiger partial charge in [0.05, 0.1) is 75.0 Å². The van der Waals surface area contributed by atoms with Crippen molar-refractivity contribution in [3.63, 3.8) is 0 Å². The second-order valence-electron chi connectivity index (χ2n) is 23.5. The summed E-state index contributed by atoms with van der Waals surface area (Å²) < 4.78 is 129. The van der Waals surface area contributed by atoms with Crippen LogP contribution in [0, 0.1) is 50.8 Å². The van der Waals surface area contributed by atoms with E-state index in [0.29, 0.717) is 107 Å². The van der Waals surface area contributed by atoms with Gasteiger partial charge in [0, 0.05) is 88.3 Å². The van der Waals surface area contributed by atoms with Crippen LogP contribution in [0.2, 0.25) is 0 Å². The molecule has 544 valence electrons. The zero-order chi connectivity index (χ0) is 76.4. The predicted octanol–water partition coefficient (Wildman–Crippen LogP) is 11.6. The highest BCUT2D eigenvalue weighted by molar-refractivity contribution is 9.10. The molecule has 0 fully saturated rings. The van der Waals surface area contributed by atoms with Gasteiger partial charge in [-0.15, -0.1) is 0 Å².